The number of rotatable bonds is 7. The summed E-state index contributed by atoms with van der Waals surface area (Å²) < 4.78 is 2.24. The number of carbonyl (C=O) groups is 1. The Morgan fingerprint density at radius 2 is 1.96 bits per heavy atom. The van der Waals surface area contributed by atoms with Crippen LogP contribution in [0.25, 0.3) is 11.4 Å². The predicted octanol–water partition coefficient (Wildman–Crippen LogP) is 4.74. The second-order valence-corrected chi connectivity index (χ2v) is 7.46. The molecule has 0 radical (unpaired) electrons. The number of aromatic amines is 1. The molecule has 0 aliphatic heterocycles. The summed E-state index contributed by atoms with van der Waals surface area (Å²) in [7, 11) is 0. The molecule has 0 spiro atoms. The van der Waals surface area contributed by atoms with Gasteiger partial charge in [0.05, 0.1) is 0 Å². The molecule has 3 aromatic rings. The van der Waals surface area contributed by atoms with E-state index in [2.05, 4.69) is 24.0 Å². The Bertz CT molecular complexity index is 993. The van der Waals surface area contributed by atoms with Crippen LogP contribution < -0.4 is 0 Å². The quantitative estimate of drug-likeness (QED) is 0.589. The van der Waals surface area contributed by atoms with E-state index in [1.165, 1.54) is 0 Å². The molecule has 1 amide bonds. The van der Waals surface area contributed by atoms with Crippen LogP contribution in [0.4, 0.5) is 0 Å². The van der Waals surface area contributed by atoms with Gasteiger partial charge in [-0.1, -0.05) is 61.0 Å². The highest BCUT2D eigenvalue weighted by Crippen LogP contribution is 2.20. The molecule has 6 heteroatoms. The molecule has 0 bridgehead atoms. The van der Waals surface area contributed by atoms with Gasteiger partial charge in [0.15, 0.2) is 10.6 Å². The molecule has 0 aliphatic carbocycles. The zero-order valence-corrected chi connectivity index (χ0v) is 17.4. The van der Waals surface area contributed by atoms with Gasteiger partial charge < -0.3 is 4.90 Å². The van der Waals surface area contributed by atoms with Crippen LogP contribution in [0.2, 0.25) is 0 Å². The third kappa shape index (κ3) is 4.57. The number of carbonyl (C=O) groups excluding carboxylic acids is 1. The van der Waals surface area contributed by atoms with Crippen LogP contribution in [0.3, 0.4) is 0 Å². The molecule has 2 aromatic carbocycles. The maximum Gasteiger partial charge on any atom is 0.243 e. The molecule has 5 nitrogen and oxygen atoms in total. The third-order valence-corrected chi connectivity index (χ3v) is 5.28. The van der Waals surface area contributed by atoms with E-state index in [9.17, 15) is 4.79 Å². The van der Waals surface area contributed by atoms with Crippen LogP contribution in [0, 0.1) is 11.7 Å². The zero-order chi connectivity index (χ0) is 20.1. The van der Waals surface area contributed by atoms with Gasteiger partial charge in [-0.15, -0.1) is 0 Å². The summed E-state index contributed by atoms with van der Waals surface area (Å²) >= 11 is 5.41. The van der Waals surface area contributed by atoms with Crippen molar-refractivity contribution in [2.45, 2.75) is 46.3 Å². The number of aryl methyl sites for hydroxylation is 1. The van der Waals surface area contributed by atoms with Gasteiger partial charge in [-0.2, -0.15) is 5.10 Å². The molecule has 1 unspecified atom stereocenters. The topological polar surface area (TPSA) is 53.9 Å². The molecule has 3 rings (SSSR count). The smallest absolute Gasteiger partial charge is 0.243 e. The second kappa shape index (κ2) is 8.97. The van der Waals surface area contributed by atoms with E-state index in [-0.39, 0.29) is 18.5 Å². The van der Waals surface area contributed by atoms with E-state index in [4.69, 9.17) is 12.2 Å². The molecule has 1 aromatic heterocycles. The van der Waals surface area contributed by atoms with Crippen molar-refractivity contribution in [1.82, 2.24) is 19.7 Å². The fraction of sp³-hybridized carbons (Fsp3) is 0.318. The Morgan fingerprint density at radius 1 is 1.21 bits per heavy atom. The molecule has 0 saturated heterocycles. The molecular weight excluding hydrogens is 368 g/mol. The fourth-order valence-electron chi connectivity index (χ4n) is 3.19. The molecule has 1 atom stereocenters. The van der Waals surface area contributed by atoms with Crippen LogP contribution in [-0.4, -0.2) is 31.6 Å². The van der Waals surface area contributed by atoms with Crippen LogP contribution in [-0.2, 0) is 17.9 Å². The number of hydrogen-bond acceptors (Lipinski definition) is 3. The summed E-state index contributed by atoms with van der Waals surface area (Å²) in [5.74, 6) is 0.718. The number of H-pyrrole nitrogens is 1. The van der Waals surface area contributed by atoms with Gasteiger partial charge in [-0.05, 0) is 44.1 Å². The standard InChI is InChI=1S/C22H26N4OS/c1-4-17(3)25(14-18-10-6-5-7-11-18)20(27)15-26-21(23-24-22(26)28)19-12-8-9-16(2)13-19/h5-13,17H,4,14-15H2,1-3H3,(H,24,28). The summed E-state index contributed by atoms with van der Waals surface area (Å²) in [5.41, 5.74) is 3.19. The van der Waals surface area contributed by atoms with Crippen molar-refractivity contribution < 1.29 is 4.79 Å². The minimum atomic E-state index is 0.0320. The second-order valence-electron chi connectivity index (χ2n) is 7.07. The van der Waals surface area contributed by atoms with Crippen LogP contribution in [0.1, 0.15) is 31.4 Å². The predicted molar refractivity (Wildman–Crippen MR) is 114 cm³/mol. The molecule has 0 fully saturated rings. The first-order chi connectivity index (χ1) is 13.5. The molecule has 28 heavy (non-hydrogen) atoms. The lowest BCUT2D eigenvalue weighted by molar-refractivity contribution is -0.134. The Hall–Kier alpha value is -2.73. The maximum atomic E-state index is 13.2. The van der Waals surface area contributed by atoms with Gasteiger partial charge in [-0.25, -0.2) is 0 Å². The van der Waals surface area contributed by atoms with Crippen molar-refractivity contribution in [3.05, 3.63) is 70.5 Å². The zero-order valence-electron chi connectivity index (χ0n) is 16.6. The van der Waals surface area contributed by atoms with Crippen molar-refractivity contribution in [3.63, 3.8) is 0 Å². The first kappa shape index (κ1) is 20.0. The van der Waals surface area contributed by atoms with Gasteiger partial charge in [0, 0.05) is 18.2 Å². The lowest BCUT2D eigenvalue weighted by atomic mass is 10.1. The van der Waals surface area contributed by atoms with E-state index in [0.717, 1.165) is 23.1 Å². The van der Waals surface area contributed by atoms with E-state index < -0.39 is 0 Å². The minimum absolute atomic E-state index is 0.0320. The van der Waals surface area contributed by atoms with Crippen LogP contribution >= 0.6 is 12.2 Å². The van der Waals surface area contributed by atoms with E-state index in [1.807, 2.05) is 66.4 Å². The van der Waals surface area contributed by atoms with E-state index in [0.29, 0.717) is 17.1 Å². The Labute approximate surface area is 171 Å². The van der Waals surface area contributed by atoms with Crippen molar-refractivity contribution in [1.29, 1.82) is 0 Å². The van der Waals surface area contributed by atoms with Crippen LogP contribution in [0.5, 0.6) is 0 Å². The lowest BCUT2D eigenvalue weighted by Crippen LogP contribution is -2.39. The molecule has 1 heterocycles. The van der Waals surface area contributed by atoms with Gasteiger partial charge in [-0.3, -0.25) is 14.5 Å². The number of hydrogen-bond donors (Lipinski definition) is 1. The van der Waals surface area contributed by atoms with Gasteiger partial charge in [0.25, 0.3) is 0 Å². The summed E-state index contributed by atoms with van der Waals surface area (Å²) in [4.78, 5) is 15.2. The Morgan fingerprint density at radius 3 is 2.64 bits per heavy atom. The average Bonchev–Trinajstić information content (AvgIpc) is 3.06. The molecule has 0 saturated carbocycles. The number of amides is 1. The largest absolute Gasteiger partial charge is 0.334 e. The molecule has 0 aliphatic rings. The SMILES string of the molecule is CCC(C)N(Cc1ccccc1)C(=O)Cn1c(-c2cccc(C)c2)n[nH]c1=S. The molecule has 146 valence electrons. The van der Waals surface area contributed by atoms with Crippen molar-refractivity contribution in [3.8, 4) is 11.4 Å². The molecular formula is C22H26N4OS. The van der Waals surface area contributed by atoms with E-state index in [1.54, 1.807) is 4.57 Å². The third-order valence-electron chi connectivity index (χ3n) is 4.97. The lowest BCUT2D eigenvalue weighted by Gasteiger charge is -2.29. The first-order valence-corrected chi connectivity index (χ1v) is 9.96. The molecule has 1 N–H and O–H groups in total. The van der Waals surface area contributed by atoms with Gasteiger partial charge in [0.1, 0.15) is 6.54 Å². The maximum absolute atomic E-state index is 13.2. The normalized spacial score (nSPS) is 12.0. The van der Waals surface area contributed by atoms with E-state index >= 15 is 0 Å². The highest BCUT2D eigenvalue weighted by atomic mass is 32.1. The Balaban J connectivity index is 1.88. The Kier molecular flexibility index (Phi) is 6.41. The van der Waals surface area contributed by atoms with Crippen LogP contribution in [0.15, 0.2) is 54.6 Å². The van der Waals surface area contributed by atoms with Crippen molar-refractivity contribution in [2.24, 2.45) is 0 Å². The highest BCUT2D eigenvalue weighted by Gasteiger charge is 2.21. The highest BCUT2D eigenvalue weighted by molar-refractivity contribution is 7.71. The summed E-state index contributed by atoms with van der Waals surface area (Å²) in [5, 5.41) is 7.20. The number of nitrogens with one attached hydrogen (secondary N) is 1. The first-order valence-electron chi connectivity index (χ1n) is 9.55. The summed E-state index contributed by atoms with van der Waals surface area (Å²) in [6.45, 7) is 6.95. The minimum Gasteiger partial charge on any atom is -0.334 e. The summed E-state index contributed by atoms with van der Waals surface area (Å²) in [6, 6.07) is 18.2. The number of nitrogens with zero attached hydrogens (tertiary/aromatic N) is 3. The fourth-order valence-corrected chi connectivity index (χ4v) is 3.38. The average molecular weight is 395 g/mol. The summed E-state index contributed by atoms with van der Waals surface area (Å²) in [6.07, 6.45) is 0.889. The van der Waals surface area contributed by atoms with Gasteiger partial charge >= 0.3 is 0 Å². The monoisotopic (exact) mass is 394 g/mol. The van der Waals surface area contributed by atoms with Crippen molar-refractivity contribution in [2.75, 3.05) is 0 Å². The van der Waals surface area contributed by atoms with Crippen molar-refractivity contribution >= 4 is 18.1 Å². The number of benzene rings is 2. The number of aromatic nitrogens is 3. The van der Waals surface area contributed by atoms with Gasteiger partial charge in [0.2, 0.25) is 5.91 Å².